The Morgan fingerprint density at radius 2 is 1.73 bits per heavy atom. The Labute approximate surface area is 204 Å². The van der Waals surface area contributed by atoms with E-state index in [9.17, 15) is 4.79 Å². The minimum atomic E-state index is -0.284. The first-order valence-electron chi connectivity index (χ1n) is 11.7. The molecular weight excluding hydrogens is 434 g/mol. The molecule has 2 aromatic rings. The number of hydrogen-bond donors (Lipinski definition) is 1. The molecular formula is C27H36ClN3O2. The first kappa shape index (κ1) is 25.4. The zero-order chi connectivity index (χ0) is 22.5. The SMILES string of the molecule is COC(=O)c1ccc(CN2C[C@@H](C)N(Cc3ccccc3C3=CCNCC3)[C@@H](C)C2)cc1.Cl. The molecule has 2 aromatic carbocycles. The van der Waals surface area contributed by atoms with Crippen molar-refractivity contribution in [2.24, 2.45) is 0 Å². The van der Waals surface area contributed by atoms with Crippen LogP contribution in [0, 0.1) is 0 Å². The van der Waals surface area contributed by atoms with Crippen molar-refractivity contribution in [2.75, 3.05) is 33.3 Å². The second-order valence-corrected chi connectivity index (χ2v) is 9.09. The number of halogens is 1. The molecule has 0 amide bonds. The number of rotatable bonds is 6. The van der Waals surface area contributed by atoms with Crippen LogP contribution in [0.25, 0.3) is 5.57 Å². The second kappa shape index (κ2) is 11.8. The molecule has 1 saturated heterocycles. The minimum absolute atomic E-state index is 0. The third-order valence-corrected chi connectivity index (χ3v) is 6.74. The van der Waals surface area contributed by atoms with E-state index in [4.69, 9.17) is 4.74 Å². The molecule has 0 aliphatic carbocycles. The molecule has 1 N–H and O–H groups in total. The maximum absolute atomic E-state index is 11.7. The molecule has 2 atom stereocenters. The van der Waals surface area contributed by atoms with E-state index in [1.54, 1.807) is 0 Å². The van der Waals surface area contributed by atoms with Gasteiger partial charge in [-0.15, -0.1) is 12.4 Å². The number of nitrogens with one attached hydrogen (secondary N) is 1. The van der Waals surface area contributed by atoms with E-state index in [1.807, 2.05) is 24.3 Å². The smallest absolute Gasteiger partial charge is 0.337 e. The third-order valence-electron chi connectivity index (χ3n) is 6.74. The summed E-state index contributed by atoms with van der Waals surface area (Å²) in [7, 11) is 1.42. The fourth-order valence-corrected chi connectivity index (χ4v) is 5.06. The van der Waals surface area contributed by atoms with Crippen LogP contribution in [0.5, 0.6) is 0 Å². The molecule has 0 spiro atoms. The molecule has 0 aromatic heterocycles. The average Bonchev–Trinajstić information content (AvgIpc) is 2.82. The van der Waals surface area contributed by atoms with E-state index in [1.165, 1.54) is 29.4 Å². The fraction of sp³-hybridized carbons (Fsp3) is 0.444. The molecule has 178 valence electrons. The van der Waals surface area contributed by atoms with Crippen molar-refractivity contribution < 1.29 is 9.53 Å². The zero-order valence-corrected chi connectivity index (χ0v) is 20.7. The van der Waals surface area contributed by atoms with Gasteiger partial charge in [0.05, 0.1) is 12.7 Å². The van der Waals surface area contributed by atoms with Crippen LogP contribution in [0.3, 0.4) is 0 Å². The first-order valence-corrected chi connectivity index (χ1v) is 11.7. The van der Waals surface area contributed by atoms with Gasteiger partial charge in [0.25, 0.3) is 0 Å². The summed E-state index contributed by atoms with van der Waals surface area (Å²) >= 11 is 0. The lowest BCUT2D eigenvalue weighted by Crippen LogP contribution is -2.55. The van der Waals surface area contributed by atoms with E-state index in [2.05, 4.69) is 59.3 Å². The first-order chi connectivity index (χ1) is 15.5. The number of carbonyl (C=O) groups is 1. The zero-order valence-electron chi connectivity index (χ0n) is 19.9. The minimum Gasteiger partial charge on any atom is -0.465 e. The molecule has 2 aliphatic heterocycles. The summed E-state index contributed by atoms with van der Waals surface area (Å²) in [6.45, 7) is 10.7. The quantitative estimate of drug-likeness (QED) is 0.636. The highest BCUT2D eigenvalue weighted by atomic mass is 35.5. The van der Waals surface area contributed by atoms with Crippen LogP contribution in [-0.2, 0) is 17.8 Å². The van der Waals surface area contributed by atoms with Gasteiger partial charge in [-0.05, 0) is 61.2 Å². The van der Waals surface area contributed by atoms with E-state index in [0.717, 1.165) is 45.7 Å². The van der Waals surface area contributed by atoms with Gasteiger partial charge in [-0.3, -0.25) is 9.80 Å². The lowest BCUT2D eigenvalue weighted by molar-refractivity contribution is 0.0290. The monoisotopic (exact) mass is 469 g/mol. The van der Waals surface area contributed by atoms with E-state index >= 15 is 0 Å². The molecule has 1 fully saturated rings. The lowest BCUT2D eigenvalue weighted by atomic mass is 9.94. The Morgan fingerprint density at radius 3 is 2.36 bits per heavy atom. The molecule has 0 unspecified atom stereocenters. The maximum atomic E-state index is 11.7. The van der Waals surface area contributed by atoms with Crippen molar-refractivity contribution in [1.29, 1.82) is 0 Å². The molecule has 0 bridgehead atoms. The number of ether oxygens (including phenoxy) is 1. The highest BCUT2D eigenvalue weighted by molar-refractivity contribution is 5.89. The number of nitrogens with zero attached hydrogens (tertiary/aromatic N) is 2. The van der Waals surface area contributed by atoms with Crippen molar-refractivity contribution >= 4 is 23.9 Å². The Hall–Kier alpha value is -2.18. The van der Waals surface area contributed by atoms with Crippen LogP contribution < -0.4 is 5.32 Å². The van der Waals surface area contributed by atoms with Crippen molar-refractivity contribution in [3.63, 3.8) is 0 Å². The predicted molar refractivity (Wildman–Crippen MR) is 137 cm³/mol. The van der Waals surface area contributed by atoms with Gasteiger partial charge in [0, 0.05) is 44.8 Å². The molecule has 33 heavy (non-hydrogen) atoms. The van der Waals surface area contributed by atoms with Crippen molar-refractivity contribution in [1.82, 2.24) is 15.1 Å². The summed E-state index contributed by atoms with van der Waals surface area (Å²) in [6.07, 6.45) is 3.45. The molecule has 6 heteroatoms. The van der Waals surface area contributed by atoms with Gasteiger partial charge in [-0.1, -0.05) is 42.5 Å². The van der Waals surface area contributed by atoms with Gasteiger partial charge in [0.15, 0.2) is 0 Å². The van der Waals surface area contributed by atoms with Crippen molar-refractivity contribution in [3.8, 4) is 0 Å². The summed E-state index contributed by atoms with van der Waals surface area (Å²) in [5, 5.41) is 3.42. The van der Waals surface area contributed by atoms with E-state index in [0.29, 0.717) is 17.6 Å². The molecule has 2 heterocycles. The maximum Gasteiger partial charge on any atom is 0.337 e. The largest absolute Gasteiger partial charge is 0.465 e. The summed E-state index contributed by atoms with van der Waals surface area (Å²) in [5.41, 5.74) is 6.17. The number of benzene rings is 2. The summed E-state index contributed by atoms with van der Waals surface area (Å²) in [4.78, 5) is 16.8. The average molecular weight is 470 g/mol. The molecule has 5 nitrogen and oxygen atoms in total. The fourth-order valence-electron chi connectivity index (χ4n) is 5.06. The molecule has 0 saturated carbocycles. The predicted octanol–water partition coefficient (Wildman–Crippen LogP) is 4.37. The van der Waals surface area contributed by atoms with Gasteiger partial charge in [0.1, 0.15) is 0 Å². The van der Waals surface area contributed by atoms with Crippen LogP contribution >= 0.6 is 12.4 Å². The Morgan fingerprint density at radius 1 is 1.03 bits per heavy atom. The normalized spacial score (nSPS) is 21.7. The Kier molecular flexibility index (Phi) is 9.10. The molecule has 0 radical (unpaired) electrons. The Bertz CT molecular complexity index is 948. The van der Waals surface area contributed by atoms with Crippen molar-refractivity contribution in [3.05, 3.63) is 76.9 Å². The lowest BCUT2D eigenvalue weighted by Gasteiger charge is -2.45. The van der Waals surface area contributed by atoms with Gasteiger partial charge < -0.3 is 10.1 Å². The van der Waals surface area contributed by atoms with Crippen LogP contribution in [0.2, 0.25) is 0 Å². The highest BCUT2D eigenvalue weighted by Gasteiger charge is 2.30. The van der Waals surface area contributed by atoms with Crippen LogP contribution in [-0.4, -0.2) is 61.1 Å². The summed E-state index contributed by atoms with van der Waals surface area (Å²) in [6, 6.07) is 17.7. The summed E-state index contributed by atoms with van der Waals surface area (Å²) in [5.74, 6) is -0.284. The van der Waals surface area contributed by atoms with E-state index in [-0.39, 0.29) is 18.4 Å². The Balaban J connectivity index is 0.00000306. The van der Waals surface area contributed by atoms with E-state index < -0.39 is 0 Å². The van der Waals surface area contributed by atoms with Crippen LogP contribution in [0.1, 0.15) is 47.3 Å². The second-order valence-electron chi connectivity index (χ2n) is 9.09. The van der Waals surface area contributed by atoms with Gasteiger partial charge in [-0.2, -0.15) is 0 Å². The number of hydrogen-bond acceptors (Lipinski definition) is 5. The van der Waals surface area contributed by atoms with Gasteiger partial charge in [0.2, 0.25) is 0 Å². The molecule has 4 rings (SSSR count). The number of piperazine rings is 1. The molecule has 2 aliphatic rings. The van der Waals surface area contributed by atoms with Crippen molar-refractivity contribution in [2.45, 2.75) is 45.4 Å². The number of carbonyl (C=O) groups excluding carboxylic acids is 1. The van der Waals surface area contributed by atoms with Crippen LogP contribution in [0.15, 0.2) is 54.6 Å². The van der Waals surface area contributed by atoms with Gasteiger partial charge in [-0.25, -0.2) is 4.79 Å². The number of esters is 1. The van der Waals surface area contributed by atoms with Gasteiger partial charge >= 0.3 is 5.97 Å². The third kappa shape index (κ3) is 6.24. The topological polar surface area (TPSA) is 44.8 Å². The highest BCUT2D eigenvalue weighted by Crippen LogP contribution is 2.27. The standard InChI is InChI=1S/C27H35N3O2.ClH/c1-20-16-29(18-22-8-10-24(11-9-22)27(31)32-3)17-21(2)30(20)19-25-6-4-5-7-26(25)23-12-14-28-15-13-23;/h4-12,20-21,28H,13-19H2,1-3H3;1H/t20-,21+;. The number of methoxy groups -OCH3 is 1. The summed E-state index contributed by atoms with van der Waals surface area (Å²) < 4.78 is 4.80. The van der Waals surface area contributed by atoms with Crippen LogP contribution in [0.4, 0.5) is 0 Å².